The summed E-state index contributed by atoms with van der Waals surface area (Å²) in [5.74, 6) is 0.721. The van der Waals surface area contributed by atoms with Crippen LogP contribution in [0.1, 0.15) is 30.9 Å². The summed E-state index contributed by atoms with van der Waals surface area (Å²) in [5.41, 5.74) is 5.72. The molecule has 7 rings (SSSR count). The summed E-state index contributed by atoms with van der Waals surface area (Å²) in [7, 11) is 0. The lowest BCUT2D eigenvalue weighted by Gasteiger charge is -2.16. The molecule has 2 heterocycles. The maximum Gasteiger partial charge on any atom is 0.128 e. The molecule has 0 fully saturated rings. The Labute approximate surface area is 260 Å². The molecule has 4 heteroatoms. The van der Waals surface area contributed by atoms with E-state index in [1.54, 1.807) is 22.7 Å². The Morgan fingerprint density at radius 2 is 1.37 bits per heavy atom. The zero-order chi connectivity index (χ0) is 29.3. The third-order valence-corrected chi connectivity index (χ3v) is 10.3. The Balaban J connectivity index is 1.27. The fourth-order valence-electron chi connectivity index (χ4n) is 5.74. The van der Waals surface area contributed by atoms with E-state index in [2.05, 4.69) is 116 Å². The molecule has 0 radical (unpaired) electrons. The quantitative estimate of drug-likeness (QED) is 0.0977. The number of fused-ring (bicyclic) bond motifs is 6. The second-order valence-electron chi connectivity index (χ2n) is 10.8. The van der Waals surface area contributed by atoms with E-state index in [1.165, 1.54) is 45.9 Å². The first-order valence-corrected chi connectivity index (χ1v) is 16.1. The summed E-state index contributed by atoms with van der Waals surface area (Å²) in [4.78, 5) is 4.98. The molecule has 0 unspecified atom stereocenters. The van der Waals surface area contributed by atoms with Crippen LogP contribution in [0.5, 0.6) is 0 Å². The molecule has 0 N–H and O–H groups in total. The van der Waals surface area contributed by atoms with E-state index < -0.39 is 0 Å². The number of hydrogen-bond donors (Lipinski definition) is 0. The van der Waals surface area contributed by atoms with Crippen LogP contribution in [0.4, 0.5) is 0 Å². The molecule has 2 aromatic heterocycles. The second-order valence-corrected chi connectivity index (χ2v) is 12.9. The first-order chi connectivity index (χ1) is 21.1. The highest BCUT2D eigenvalue weighted by molar-refractivity contribution is 7.26. The van der Waals surface area contributed by atoms with Gasteiger partial charge in [0, 0.05) is 68.8 Å². The molecule has 0 bridgehead atoms. The van der Waals surface area contributed by atoms with Crippen LogP contribution in [-0.2, 0) is 4.74 Å². The van der Waals surface area contributed by atoms with Crippen molar-refractivity contribution in [2.24, 2.45) is 4.99 Å². The van der Waals surface area contributed by atoms with Gasteiger partial charge >= 0.3 is 0 Å². The van der Waals surface area contributed by atoms with Crippen molar-refractivity contribution in [3.05, 3.63) is 145 Å². The fraction of sp³-hybridized carbons (Fsp3) is 0.103. The largest absolute Gasteiger partial charge is 0.488 e. The van der Waals surface area contributed by atoms with Gasteiger partial charge in [0.15, 0.2) is 0 Å². The van der Waals surface area contributed by atoms with Crippen molar-refractivity contribution < 1.29 is 4.74 Å². The standard InChI is InChI=1S/C39H31NOS2/c1-25(40-27(3)30-18-12-20-34-32-16-8-10-22-37(32)43-39(30)34)23-35(41-24-28-13-5-4-6-14-28)26(2)29-17-11-19-33-31-15-7-9-21-36(31)42-38(29)33/h5,7-23H,2-4,6,24H2,1H3/b35-23-,40-25?. The van der Waals surface area contributed by atoms with Crippen LogP contribution in [-0.4, -0.2) is 12.3 Å². The molecule has 0 saturated heterocycles. The summed E-state index contributed by atoms with van der Waals surface area (Å²) in [6.45, 7) is 11.4. The minimum atomic E-state index is 0.485. The summed E-state index contributed by atoms with van der Waals surface area (Å²) in [6, 6.07) is 29.9. The number of allylic oxidation sites excluding steroid dienone is 4. The highest BCUT2D eigenvalue weighted by atomic mass is 32.1. The average Bonchev–Trinajstić information content (AvgIpc) is 3.61. The monoisotopic (exact) mass is 593 g/mol. The van der Waals surface area contributed by atoms with E-state index in [4.69, 9.17) is 9.73 Å². The highest BCUT2D eigenvalue weighted by Crippen LogP contribution is 2.40. The molecule has 0 spiro atoms. The van der Waals surface area contributed by atoms with Crippen LogP contribution in [0.15, 0.2) is 139 Å². The van der Waals surface area contributed by atoms with Crippen molar-refractivity contribution in [3.63, 3.8) is 0 Å². The van der Waals surface area contributed by atoms with Gasteiger partial charge in [0.2, 0.25) is 0 Å². The summed E-state index contributed by atoms with van der Waals surface area (Å²) >= 11 is 3.59. The van der Waals surface area contributed by atoms with Gasteiger partial charge in [-0.15, -0.1) is 22.7 Å². The normalized spacial score (nSPS) is 14.1. The summed E-state index contributed by atoms with van der Waals surface area (Å²) < 4.78 is 11.5. The Bertz CT molecular complexity index is 2180. The maximum absolute atomic E-state index is 6.53. The van der Waals surface area contributed by atoms with Crippen LogP contribution >= 0.6 is 22.7 Å². The topological polar surface area (TPSA) is 21.6 Å². The van der Waals surface area contributed by atoms with Gasteiger partial charge in [-0.25, -0.2) is 0 Å². The van der Waals surface area contributed by atoms with Gasteiger partial charge in [0.25, 0.3) is 0 Å². The Kier molecular flexibility index (Phi) is 7.40. The van der Waals surface area contributed by atoms with Crippen molar-refractivity contribution in [2.45, 2.75) is 19.8 Å². The predicted octanol–water partition coefficient (Wildman–Crippen LogP) is 11.7. The van der Waals surface area contributed by atoms with Gasteiger partial charge in [0.05, 0.1) is 5.70 Å². The summed E-state index contributed by atoms with van der Waals surface area (Å²) in [6.07, 6.45) is 10.7. The molecule has 0 aliphatic heterocycles. The van der Waals surface area contributed by atoms with Crippen molar-refractivity contribution in [2.75, 3.05) is 6.61 Å². The molecule has 0 saturated carbocycles. The molecular formula is C39H31NOS2. The lowest BCUT2D eigenvalue weighted by molar-refractivity contribution is 0.259. The number of ether oxygens (including phenoxy) is 1. The smallest absolute Gasteiger partial charge is 0.128 e. The second kappa shape index (κ2) is 11.6. The van der Waals surface area contributed by atoms with Gasteiger partial charge in [-0.3, -0.25) is 4.99 Å². The van der Waals surface area contributed by atoms with E-state index in [1.807, 2.05) is 13.0 Å². The van der Waals surface area contributed by atoms with Gasteiger partial charge in [-0.2, -0.15) is 0 Å². The zero-order valence-corrected chi connectivity index (χ0v) is 25.7. The Morgan fingerprint density at radius 1 is 0.767 bits per heavy atom. The zero-order valence-electron chi connectivity index (χ0n) is 24.1. The van der Waals surface area contributed by atoms with E-state index in [0.29, 0.717) is 6.61 Å². The van der Waals surface area contributed by atoms with Crippen LogP contribution in [0.25, 0.3) is 51.6 Å². The molecular weight excluding hydrogens is 563 g/mol. The van der Waals surface area contributed by atoms with Crippen molar-refractivity contribution >= 4 is 80.0 Å². The fourth-order valence-corrected chi connectivity index (χ4v) is 8.22. The third-order valence-electron chi connectivity index (χ3n) is 7.86. The van der Waals surface area contributed by atoms with E-state index in [9.17, 15) is 0 Å². The molecule has 4 aromatic carbocycles. The van der Waals surface area contributed by atoms with Gasteiger partial charge < -0.3 is 4.74 Å². The molecule has 43 heavy (non-hydrogen) atoms. The SMILES string of the molecule is C=C(N=C(C)/C=C(\OCC1=CCCC=C1)C(=C)c1cccc2c1sc1ccccc12)c1cccc2c1sc1ccccc12. The van der Waals surface area contributed by atoms with Crippen molar-refractivity contribution in [1.29, 1.82) is 0 Å². The minimum absolute atomic E-state index is 0.485. The molecule has 1 aliphatic carbocycles. The first-order valence-electron chi connectivity index (χ1n) is 14.5. The molecule has 6 aromatic rings. The number of benzene rings is 4. The van der Waals surface area contributed by atoms with Crippen LogP contribution in [0.2, 0.25) is 0 Å². The summed E-state index contributed by atoms with van der Waals surface area (Å²) in [5, 5.41) is 5.02. The van der Waals surface area contributed by atoms with Gasteiger partial charge in [-0.1, -0.05) is 104 Å². The van der Waals surface area contributed by atoms with Crippen molar-refractivity contribution in [3.8, 4) is 0 Å². The molecule has 0 amide bonds. The predicted molar refractivity (Wildman–Crippen MR) is 190 cm³/mol. The number of rotatable bonds is 8. The Hall–Kier alpha value is -4.51. The molecule has 210 valence electrons. The number of thiophene rings is 2. The molecule has 1 aliphatic rings. The van der Waals surface area contributed by atoms with Crippen LogP contribution < -0.4 is 0 Å². The number of aliphatic imine (C=N–C) groups is 1. The van der Waals surface area contributed by atoms with Gasteiger partial charge in [-0.05, 0) is 37.5 Å². The van der Waals surface area contributed by atoms with Crippen LogP contribution in [0, 0.1) is 0 Å². The number of nitrogens with zero attached hydrogens (tertiary/aromatic N) is 1. The highest BCUT2D eigenvalue weighted by Gasteiger charge is 2.16. The van der Waals surface area contributed by atoms with E-state index in [0.717, 1.165) is 46.7 Å². The number of hydrogen-bond acceptors (Lipinski definition) is 4. The Morgan fingerprint density at radius 3 is 2.02 bits per heavy atom. The maximum atomic E-state index is 6.53. The van der Waals surface area contributed by atoms with E-state index >= 15 is 0 Å². The van der Waals surface area contributed by atoms with E-state index in [-0.39, 0.29) is 0 Å². The van der Waals surface area contributed by atoms with Gasteiger partial charge in [0.1, 0.15) is 12.4 Å². The lowest BCUT2D eigenvalue weighted by atomic mass is 10.0. The molecule has 0 atom stereocenters. The third kappa shape index (κ3) is 5.29. The lowest BCUT2D eigenvalue weighted by Crippen LogP contribution is -2.03. The average molecular weight is 594 g/mol. The van der Waals surface area contributed by atoms with Crippen LogP contribution in [0.3, 0.4) is 0 Å². The minimum Gasteiger partial charge on any atom is -0.488 e. The van der Waals surface area contributed by atoms with Crippen molar-refractivity contribution in [1.82, 2.24) is 0 Å². The molecule has 2 nitrogen and oxygen atoms in total. The first kappa shape index (κ1) is 27.3.